The van der Waals surface area contributed by atoms with Crippen LogP contribution in [0.25, 0.3) is 0 Å². The number of rotatable bonds is 4. The Kier molecular flexibility index (Phi) is 6.64. The van der Waals surface area contributed by atoms with Crippen molar-refractivity contribution in [3.05, 3.63) is 30.1 Å². The maximum Gasteiger partial charge on any atom is 0.401 e. The molecule has 0 amide bonds. The van der Waals surface area contributed by atoms with Crippen molar-refractivity contribution in [1.29, 1.82) is 0 Å². The molecule has 1 N–H and O–H groups in total. The van der Waals surface area contributed by atoms with Gasteiger partial charge in [-0.2, -0.15) is 13.2 Å². The molecule has 1 atom stereocenters. The molecule has 0 aromatic heterocycles. The molecule has 2 fully saturated rings. The number of nitrogens with one attached hydrogen (secondary N) is 1. The second-order valence-corrected chi connectivity index (χ2v) is 7.38. The molecule has 0 radical (unpaired) electrons. The summed E-state index contributed by atoms with van der Waals surface area (Å²) in [6.07, 6.45) is -3.37. The zero-order valence-electron chi connectivity index (χ0n) is 16.1. The summed E-state index contributed by atoms with van der Waals surface area (Å²) >= 11 is 0. The van der Waals surface area contributed by atoms with E-state index in [4.69, 9.17) is 0 Å². The molecule has 9 heteroatoms. The molecule has 0 aliphatic carbocycles. The van der Waals surface area contributed by atoms with Gasteiger partial charge in [0, 0.05) is 52.0 Å². The van der Waals surface area contributed by atoms with E-state index >= 15 is 0 Å². The Morgan fingerprint density at radius 2 is 1.79 bits per heavy atom. The lowest BCUT2D eigenvalue weighted by Crippen LogP contribution is -2.53. The Morgan fingerprint density at radius 3 is 2.39 bits per heavy atom. The fourth-order valence-electron chi connectivity index (χ4n) is 3.87. The number of aliphatic imine (C=N–C) groups is 1. The number of benzene rings is 1. The molecule has 28 heavy (non-hydrogen) atoms. The van der Waals surface area contributed by atoms with Gasteiger partial charge >= 0.3 is 6.18 Å². The van der Waals surface area contributed by atoms with Gasteiger partial charge in [-0.3, -0.25) is 9.89 Å². The summed E-state index contributed by atoms with van der Waals surface area (Å²) in [5.74, 6) is 0.736. The average Bonchev–Trinajstić information content (AvgIpc) is 3.09. The topological polar surface area (TPSA) is 34.1 Å². The van der Waals surface area contributed by atoms with Crippen LogP contribution >= 0.6 is 0 Å². The number of guanidine groups is 1. The Morgan fingerprint density at radius 1 is 1.11 bits per heavy atom. The number of anilines is 1. The minimum absolute atomic E-state index is 0.194. The van der Waals surface area contributed by atoms with E-state index in [0.29, 0.717) is 19.6 Å². The van der Waals surface area contributed by atoms with E-state index < -0.39 is 12.7 Å². The zero-order valence-corrected chi connectivity index (χ0v) is 16.1. The first-order valence-electron chi connectivity index (χ1n) is 9.59. The van der Waals surface area contributed by atoms with Crippen LogP contribution in [0, 0.1) is 11.7 Å². The number of likely N-dealkylation sites (tertiary alicyclic amines) is 1. The Labute approximate surface area is 163 Å². The molecule has 1 aromatic rings. The van der Waals surface area contributed by atoms with Crippen molar-refractivity contribution in [3.8, 4) is 0 Å². The fourth-order valence-corrected chi connectivity index (χ4v) is 3.87. The van der Waals surface area contributed by atoms with Gasteiger partial charge in [-0.1, -0.05) is 0 Å². The molecule has 0 spiro atoms. The summed E-state index contributed by atoms with van der Waals surface area (Å²) in [6, 6.07) is 6.49. The lowest BCUT2D eigenvalue weighted by atomic mass is 10.1. The average molecular weight is 401 g/mol. The molecular weight excluding hydrogens is 374 g/mol. The molecule has 2 heterocycles. The largest absolute Gasteiger partial charge is 0.401 e. The van der Waals surface area contributed by atoms with Gasteiger partial charge in [-0.15, -0.1) is 0 Å². The van der Waals surface area contributed by atoms with Gasteiger partial charge < -0.3 is 15.1 Å². The third-order valence-corrected chi connectivity index (χ3v) is 5.30. The van der Waals surface area contributed by atoms with Crippen LogP contribution in [-0.2, 0) is 0 Å². The van der Waals surface area contributed by atoms with Crippen molar-refractivity contribution in [2.24, 2.45) is 10.9 Å². The fraction of sp³-hybridized carbons (Fsp3) is 0.632. The van der Waals surface area contributed by atoms with Crippen molar-refractivity contribution < 1.29 is 17.6 Å². The van der Waals surface area contributed by atoms with E-state index in [1.165, 1.54) is 17.0 Å². The van der Waals surface area contributed by atoms with Crippen LogP contribution in [-0.4, -0.2) is 81.3 Å². The van der Waals surface area contributed by atoms with Gasteiger partial charge in [-0.05, 0) is 43.1 Å². The minimum Gasteiger partial charge on any atom is -0.368 e. The van der Waals surface area contributed by atoms with Crippen molar-refractivity contribution >= 4 is 11.6 Å². The molecule has 3 rings (SSSR count). The Bertz CT molecular complexity index is 653. The molecule has 1 aromatic carbocycles. The monoisotopic (exact) mass is 401 g/mol. The van der Waals surface area contributed by atoms with E-state index in [-0.39, 0.29) is 11.7 Å². The molecule has 0 bridgehead atoms. The number of halogens is 4. The van der Waals surface area contributed by atoms with Gasteiger partial charge in [0.15, 0.2) is 5.96 Å². The highest BCUT2D eigenvalue weighted by Crippen LogP contribution is 2.22. The summed E-state index contributed by atoms with van der Waals surface area (Å²) in [5, 5.41) is 3.33. The molecule has 5 nitrogen and oxygen atoms in total. The lowest BCUT2D eigenvalue weighted by Gasteiger charge is -2.38. The van der Waals surface area contributed by atoms with Crippen molar-refractivity contribution in [1.82, 2.24) is 15.1 Å². The summed E-state index contributed by atoms with van der Waals surface area (Å²) in [6.45, 7) is 3.90. The summed E-state index contributed by atoms with van der Waals surface area (Å²) < 4.78 is 50.6. The molecule has 2 saturated heterocycles. The SMILES string of the molecule is CN=C(NCC1CCN(CC(F)(F)F)C1)N1CCN(c2ccc(F)cc2)CC1. The van der Waals surface area contributed by atoms with E-state index in [1.807, 2.05) is 0 Å². The second kappa shape index (κ2) is 8.98. The lowest BCUT2D eigenvalue weighted by molar-refractivity contribution is -0.143. The predicted octanol–water partition coefficient (Wildman–Crippen LogP) is 2.41. The van der Waals surface area contributed by atoms with E-state index in [2.05, 4.69) is 20.1 Å². The number of alkyl halides is 3. The predicted molar refractivity (Wildman–Crippen MR) is 102 cm³/mol. The first-order valence-corrected chi connectivity index (χ1v) is 9.59. The summed E-state index contributed by atoms with van der Waals surface area (Å²) in [5.41, 5.74) is 1.000. The first kappa shape index (κ1) is 20.7. The molecule has 2 aliphatic heterocycles. The van der Waals surface area contributed by atoms with Gasteiger partial charge in [0.2, 0.25) is 0 Å². The highest BCUT2D eigenvalue weighted by molar-refractivity contribution is 5.80. The molecule has 0 saturated carbocycles. The van der Waals surface area contributed by atoms with Crippen LogP contribution in [0.3, 0.4) is 0 Å². The van der Waals surface area contributed by atoms with Crippen LogP contribution < -0.4 is 10.2 Å². The minimum atomic E-state index is -4.14. The van der Waals surface area contributed by atoms with Crippen molar-refractivity contribution in [3.63, 3.8) is 0 Å². The molecule has 1 unspecified atom stereocenters. The maximum atomic E-state index is 13.1. The highest BCUT2D eigenvalue weighted by atomic mass is 19.4. The van der Waals surface area contributed by atoms with Crippen LogP contribution in [0.1, 0.15) is 6.42 Å². The van der Waals surface area contributed by atoms with Gasteiger partial charge in [0.1, 0.15) is 5.82 Å². The van der Waals surface area contributed by atoms with Crippen LogP contribution in [0.15, 0.2) is 29.3 Å². The normalized spacial score (nSPS) is 22.0. The maximum absolute atomic E-state index is 13.1. The van der Waals surface area contributed by atoms with Crippen LogP contribution in [0.5, 0.6) is 0 Å². The third kappa shape index (κ3) is 5.73. The Balaban J connectivity index is 1.43. The van der Waals surface area contributed by atoms with E-state index in [0.717, 1.165) is 44.2 Å². The zero-order chi connectivity index (χ0) is 20.1. The van der Waals surface area contributed by atoms with Gasteiger partial charge in [-0.25, -0.2) is 4.39 Å². The highest BCUT2D eigenvalue weighted by Gasteiger charge is 2.34. The number of hydrogen-bond donors (Lipinski definition) is 1. The summed E-state index contributed by atoms with van der Waals surface area (Å²) in [4.78, 5) is 10.2. The Hall–Kier alpha value is -2.03. The second-order valence-electron chi connectivity index (χ2n) is 7.38. The quantitative estimate of drug-likeness (QED) is 0.477. The van der Waals surface area contributed by atoms with Crippen molar-refractivity contribution in [2.45, 2.75) is 12.6 Å². The first-order chi connectivity index (χ1) is 13.3. The molecule has 2 aliphatic rings. The van der Waals surface area contributed by atoms with E-state index in [9.17, 15) is 17.6 Å². The summed E-state index contributed by atoms with van der Waals surface area (Å²) in [7, 11) is 1.72. The van der Waals surface area contributed by atoms with Gasteiger partial charge in [0.25, 0.3) is 0 Å². The van der Waals surface area contributed by atoms with Gasteiger partial charge in [0.05, 0.1) is 6.54 Å². The van der Waals surface area contributed by atoms with Crippen molar-refractivity contribution in [2.75, 3.05) is 64.3 Å². The number of hydrogen-bond acceptors (Lipinski definition) is 3. The molecule has 156 valence electrons. The van der Waals surface area contributed by atoms with Crippen LogP contribution in [0.4, 0.5) is 23.2 Å². The van der Waals surface area contributed by atoms with E-state index in [1.54, 1.807) is 19.2 Å². The smallest absolute Gasteiger partial charge is 0.368 e. The third-order valence-electron chi connectivity index (χ3n) is 5.30. The standard InChI is InChI=1S/C19H27F4N5/c1-24-18(25-12-15-6-7-26(13-15)14-19(21,22)23)28-10-8-27(9-11-28)17-4-2-16(20)3-5-17/h2-5,15H,6-14H2,1H3,(H,24,25). The number of piperazine rings is 1. The molecular formula is C19H27F4N5. The number of nitrogens with zero attached hydrogens (tertiary/aromatic N) is 4. The van der Waals surface area contributed by atoms with Crippen LogP contribution in [0.2, 0.25) is 0 Å².